The van der Waals surface area contributed by atoms with Gasteiger partial charge in [-0.1, -0.05) is 62.3 Å². The van der Waals surface area contributed by atoms with Crippen molar-refractivity contribution in [2.24, 2.45) is 34.0 Å². The zero-order valence-corrected chi connectivity index (χ0v) is 15.1. The minimum atomic E-state index is 0.638. The van der Waals surface area contributed by atoms with Gasteiger partial charge in [0.05, 0.1) is 0 Å². The van der Waals surface area contributed by atoms with E-state index in [0.717, 1.165) is 17.8 Å². The van der Waals surface area contributed by atoms with Gasteiger partial charge < -0.3 is 0 Å². The van der Waals surface area contributed by atoms with Crippen molar-refractivity contribution in [1.29, 1.82) is 0 Å². The second-order valence-electron chi connectivity index (χ2n) is 9.90. The molecule has 0 amide bonds. The van der Waals surface area contributed by atoms with Gasteiger partial charge in [0.25, 0.3) is 0 Å². The Labute approximate surface area is 122 Å². The Morgan fingerprint density at radius 2 is 1.16 bits per heavy atom. The molecule has 0 unspecified atom stereocenters. The highest BCUT2D eigenvalue weighted by Crippen LogP contribution is 2.57. The Hall–Kier alpha value is 0. The summed E-state index contributed by atoms with van der Waals surface area (Å²) in [5, 5.41) is 0. The first-order chi connectivity index (χ1) is 8.37. The van der Waals surface area contributed by atoms with Crippen molar-refractivity contribution in [3.63, 3.8) is 0 Å². The SMILES string of the molecule is CC(C)C1(C)CC(C)(C)C1.CC(C)C1CC(C)(C)C1. The van der Waals surface area contributed by atoms with Crippen molar-refractivity contribution < 1.29 is 0 Å². The number of hydrogen-bond donors (Lipinski definition) is 0. The van der Waals surface area contributed by atoms with E-state index in [1.807, 2.05) is 0 Å². The number of hydrogen-bond acceptors (Lipinski definition) is 0. The molecule has 2 aliphatic rings. The van der Waals surface area contributed by atoms with Crippen LogP contribution >= 0.6 is 0 Å². The van der Waals surface area contributed by atoms with E-state index in [0.29, 0.717) is 16.2 Å². The van der Waals surface area contributed by atoms with Gasteiger partial charge in [0, 0.05) is 0 Å². The maximum Gasteiger partial charge on any atom is -0.0293 e. The second kappa shape index (κ2) is 5.41. The maximum atomic E-state index is 2.42. The highest BCUT2D eigenvalue weighted by molar-refractivity contribution is 4.97. The minimum Gasteiger partial charge on any atom is -0.0625 e. The third kappa shape index (κ3) is 4.50. The summed E-state index contributed by atoms with van der Waals surface area (Å²) in [5.74, 6) is 2.80. The van der Waals surface area contributed by atoms with Gasteiger partial charge in [-0.3, -0.25) is 0 Å². The lowest BCUT2D eigenvalue weighted by Crippen LogP contribution is -2.44. The quantitative estimate of drug-likeness (QED) is 0.532. The summed E-state index contributed by atoms with van der Waals surface area (Å²) in [6.07, 6.45) is 5.73. The monoisotopic (exact) mass is 266 g/mol. The molecule has 0 atom stereocenters. The van der Waals surface area contributed by atoms with Gasteiger partial charge in [-0.2, -0.15) is 0 Å². The summed E-state index contributed by atoms with van der Waals surface area (Å²) < 4.78 is 0. The summed E-state index contributed by atoms with van der Waals surface area (Å²) >= 11 is 0. The summed E-state index contributed by atoms with van der Waals surface area (Å²) in [5.41, 5.74) is 1.97. The predicted molar refractivity (Wildman–Crippen MR) is 87.3 cm³/mol. The molecule has 0 aliphatic heterocycles. The first kappa shape index (κ1) is 17.1. The molecule has 0 saturated heterocycles. The molecule has 19 heavy (non-hydrogen) atoms. The zero-order chi connectivity index (χ0) is 15.1. The molecule has 0 radical (unpaired) electrons. The van der Waals surface area contributed by atoms with Gasteiger partial charge >= 0.3 is 0 Å². The normalized spacial score (nSPS) is 27.3. The van der Waals surface area contributed by atoms with Gasteiger partial charge in [0.15, 0.2) is 0 Å². The highest BCUT2D eigenvalue weighted by Gasteiger charge is 2.47. The van der Waals surface area contributed by atoms with E-state index in [1.54, 1.807) is 0 Å². The van der Waals surface area contributed by atoms with Crippen LogP contribution in [0.5, 0.6) is 0 Å². The maximum absolute atomic E-state index is 2.42. The molecule has 0 nitrogen and oxygen atoms in total. The smallest absolute Gasteiger partial charge is 0.0293 e. The van der Waals surface area contributed by atoms with Crippen LogP contribution in [-0.2, 0) is 0 Å². The fraction of sp³-hybridized carbons (Fsp3) is 1.00. The molecule has 0 aromatic carbocycles. The average molecular weight is 267 g/mol. The van der Waals surface area contributed by atoms with E-state index < -0.39 is 0 Å². The Balaban J connectivity index is 0.000000191. The van der Waals surface area contributed by atoms with Gasteiger partial charge in [0.1, 0.15) is 0 Å². The third-order valence-corrected chi connectivity index (χ3v) is 5.73. The average Bonchev–Trinajstić information content (AvgIpc) is 2.11. The summed E-state index contributed by atoms with van der Waals surface area (Å²) in [6, 6.07) is 0. The molecular formula is C19H38. The molecule has 2 rings (SSSR count). The van der Waals surface area contributed by atoms with Crippen molar-refractivity contribution in [3.05, 3.63) is 0 Å². The fourth-order valence-electron chi connectivity index (χ4n) is 4.37. The van der Waals surface area contributed by atoms with Crippen LogP contribution in [0.15, 0.2) is 0 Å². The Morgan fingerprint density at radius 3 is 1.26 bits per heavy atom. The van der Waals surface area contributed by atoms with Gasteiger partial charge in [-0.25, -0.2) is 0 Å². The molecule has 0 heteroatoms. The Bertz CT molecular complexity index is 277. The topological polar surface area (TPSA) is 0 Å². The summed E-state index contributed by atoms with van der Waals surface area (Å²) in [6.45, 7) is 21.2. The van der Waals surface area contributed by atoms with Crippen LogP contribution in [0.4, 0.5) is 0 Å². The molecule has 0 aromatic heterocycles. The van der Waals surface area contributed by atoms with Crippen LogP contribution in [-0.4, -0.2) is 0 Å². The summed E-state index contributed by atoms with van der Waals surface area (Å²) in [4.78, 5) is 0. The van der Waals surface area contributed by atoms with E-state index in [1.165, 1.54) is 25.7 Å². The number of rotatable bonds is 2. The lowest BCUT2D eigenvalue weighted by molar-refractivity contribution is -0.0348. The highest BCUT2D eigenvalue weighted by atomic mass is 14.5. The largest absolute Gasteiger partial charge is 0.0625 e. The van der Waals surface area contributed by atoms with Crippen LogP contribution in [0.1, 0.15) is 88.0 Å². The minimum absolute atomic E-state index is 0.638. The molecule has 0 bridgehead atoms. The van der Waals surface area contributed by atoms with Crippen molar-refractivity contribution in [2.75, 3.05) is 0 Å². The van der Waals surface area contributed by atoms with Crippen LogP contribution in [0.2, 0.25) is 0 Å². The van der Waals surface area contributed by atoms with E-state index in [-0.39, 0.29) is 0 Å². The lowest BCUT2D eigenvalue weighted by Gasteiger charge is -2.54. The molecular weight excluding hydrogens is 228 g/mol. The lowest BCUT2D eigenvalue weighted by atomic mass is 9.51. The second-order valence-corrected chi connectivity index (χ2v) is 9.90. The van der Waals surface area contributed by atoms with Crippen LogP contribution in [0.25, 0.3) is 0 Å². The molecule has 0 heterocycles. The van der Waals surface area contributed by atoms with Crippen LogP contribution in [0, 0.1) is 34.0 Å². The Kier molecular flexibility index (Phi) is 4.86. The molecule has 0 aromatic rings. The van der Waals surface area contributed by atoms with Crippen molar-refractivity contribution in [2.45, 2.75) is 88.0 Å². The van der Waals surface area contributed by atoms with Crippen LogP contribution < -0.4 is 0 Å². The van der Waals surface area contributed by atoms with E-state index in [4.69, 9.17) is 0 Å². The molecule has 2 aliphatic carbocycles. The van der Waals surface area contributed by atoms with E-state index in [2.05, 4.69) is 62.3 Å². The van der Waals surface area contributed by atoms with Crippen molar-refractivity contribution >= 4 is 0 Å². The van der Waals surface area contributed by atoms with Crippen LogP contribution in [0.3, 0.4) is 0 Å². The van der Waals surface area contributed by atoms with E-state index >= 15 is 0 Å². The summed E-state index contributed by atoms with van der Waals surface area (Å²) in [7, 11) is 0. The standard InChI is InChI=1S/C10H20.C9H18/c1-8(2)10(5)6-9(3,4)7-10;1-7(2)8-5-9(3,4)6-8/h8H,6-7H2,1-5H3;7-8H,5-6H2,1-4H3. The predicted octanol–water partition coefficient (Wildman–Crippen LogP) is 6.55. The molecule has 2 fully saturated rings. The zero-order valence-electron chi connectivity index (χ0n) is 15.1. The molecule has 2 saturated carbocycles. The Morgan fingerprint density at radius 1 is 0.737 bits per heavy atom. The van der Waals surface area contributed by atoms with Gasteiger partial charge in [0.2, 0.25) is 0 Å². The molecule has 114 valence electrons. The van der Waals surface area contributed by atoms with Gasteiger partial charge in [-0.05, 0) is 59.7 Å². The molecule has 0 N–H and O–H groups in total. The first-order valence-electron chi connectivity index (χ1n) is 8.37. The molecule has 0 spiro atoms. The van der Waals surface area contributed by atoms with Gasteiger partial charge in [-0.15, -0.1) is 0 Å². The fourth-order valence-corrected chi connectivity index (χ4v) is 4.37. The van der Waals surface area contributed by atoms with E-state index in [9.17, 15) is 0 Å². The first-order valence-corrected chi connectivity index (χ1v) is 8.37. The third-order valence-electron chi connectivity index (χ3n) is 5.73. The van der Waals surface area contributed by atoms with Crippen molar-refractivity contribution in [3.8, 4) is 0 Å². The van der Waals surface area contributed by atoms with Crippen molar-refractivity contribution in [1.82, 2.24) is 0 Å².